The number of aromatic amines is 1. The summed E-state index contributed by atoms with van der Waals surface area (Å²) in [6.07, 6.45) is 4.13. The summed E-state index contributed by atoms with van der Waals surface area (Å²) in [4.78, 5) is 16.3. The van der Waals surface area contributed by atoms with Gasteiger partial charge in [0.25, 0.3) is 0 Å². The maximum Gasteiger partial charge on any atom is 0.226 e. The fourth-order valence-electron chi connectivity index (χ4n) is 2.92. The fraction of sp³-hybridized carbons (Fsp3) is 0.643. The summed E-state index contributed by atoms with van der Waals surface area (Å²) in [5.41, 5.74) is 1.59. The molecule has 1 aliphatic carbocycles. The number of H-pyrrole nitrogens is 1. The molecule has 2 aromatic rings. The van der Waals surface area contributed by atoms with E-state index >= 15 is 0 Å². The molecule has 3 N–H and O–H groups in total. The van der Waals surface area contributed by atoms with E-state index in [2.05, 4.69) is 44.4 Å². The van der Waals surface area contributed by atoms with Gasteiger partial charge in [0.1, 0.15) is 5.52 Å². The number of rotatable bonds is 4. The van der Waals surface area contributed by atoms with Gasteiger partial charge in [-0.3, -0.25) is 0 Å². The summed E-state index contributed by atoms with van der Waals surface area (Å²) in [5, 5.41) is 6.75. The number of nitrogens with one attached hydrogen (secondary N) is 3. The van der Waals surface area contributed by atoms with Gasteiger partial charge in [-0.2, -0.15) is 9.97 Å². The number of nitrogens with zero attached hydrogens (tertiary/aromatic N) is 3. The topological polar surface area (TPSA) is 78.5 Å². The highest BCUT2D eigenvalue weighted by atomic mass is 15.2. The average molecular weight is 274 g/mol. The number of anilines is 2. The minimum atomic E-state index is 0.473. The lowest BCUT2D eigenvalue weighted by molar-refractivity contribution is 0.435. The van der Waals surface area contributed by atoms with Gasteiger partial charge in [0.05, 0.1) is 6.33 Å². The molecule has 108 valence electrons. The van der Waals surface area contributed by atoms with Crippen LogP contribution in [-0.4, -0.2) is 32.5 Å². The molecule has 0 aromatic carbocycles. The summed E-state index contributed by atoms with van der Waals surface area (Å²) in [6, 6.07) is 0.473. The van der Waals surface area contributed by atoms with Crippen molar-refractivity contribution in [2.24, 2.45) is 11.8 Å². The lowest BCUT2D eigenvalue weighted by Gasteiger charge is -2.20. The van der Waals surface area contributed by atoms with Crippen LogP contribution in [0.3, 0.4) is 0 Å². The van der Waals surface area contributed by atoms with Gasteiger partial charge in [0, 0.05) is 12.6 Å². The van der Waals surface area contributed by atoms with Gasteiger partial charge in [0.2, 0.25) is 5.95 Å². The Kier molecular flexibility index (Phi) is 3.46. The van der Waals surface area contributed by atoms with Crippen molar-refractivity contribution in [2.45, 2.75) is 39.7 Å². The zero-order valence-electron chi connectivity index (χ0n) is 12.3. The van der Waals surface area contributed by atoms with Gasteiger partial charge < -0.3 is 15.6 Å². The van der Waals surface area contributed by atoms with E-state index in [1.807, 2.05) is 6.92 Å². The molecule has 6 heteroatoms. The molecular formula is C14H22N6. The minimum Gasteiger partial charge on any atom is -0.365 e. The van der Waals surface area contributed by atoms with Crippen molar-refractivity contribution in [3.8, 4) is 0 Å². The molecule has 1 aliphatic rings. The van der Waals surface area contributed by atoms with Crippen molar-refractivity contribution in [3.05, 3.63) is 6.33 Å². The van der Waals surface area contributed by atoms with Crippen molar-refractivity contribution >= 4 is 22.9 Å². The summed E-state index contributed by atoms with van der Waals surface area (Å²) in [6.45, 7) is 7.46. The molecule has 0 radical (unpaired) electrons. The molecule has 0 bridgehead atoms. The molecule has 20 heavy (non-hydrogen) atoms. The molecule has 0 spiro atoms. The average Bonchev–Trinajstić information content (AvgIpc) is 3.01. The monoisotopic (exact) mass is 274 g/mol. The zero-order valence-corrected chi connectivity index (χ0v) is 12.3. The first-order valence-corrected chi connectivity index (χ1v) is 7.40. The lowest BCUT2D eigenvalue weighted by atomic mass is 9.98. The van der Waals surface area contributed by atoms with Crippen molar-refractivity contribution in [1.82, 2.24) is 19.9 Å². The number of aromatic nitrogens is 4. The number of hydrogen-bond acceptors (Lipinski definition) is 5. The molecule has 3 unspecified atom stereocenters. The van der Waals surface area contributed by atoms with Crippen LogP contribution >= 0.6 is 0 Å². The molecular weight excluding hydrogens is 252 g/mol. The number of imidazole rings is 1. The highest BCUT2D eigenvalue weighted by molar-refractivity contribution is 5.83. The molecule has 0 saturated heterocycles. The molecule has 2 aromatic heterocycles. The van der Waals surface area contributed by atoms with E-state index in [1.165, 1.54) is 12.8 Å². The minimum absolute atomic E-state index is 0.473. The highest BCUT2D eigenvalue weighted by Crippen LogP contribution is 2.34. The fourth-order valence-corrected chi connectivity index (χ4v) is 2.92. The van der Waals surface area contributed by atoms with Gasteiger partial charge in [-0.05, 0) is 31.6 Å². The largest absolute Gasteiger partial charge is 0.365 e. The third kappa shape index (κ3) is 2.30. The number of fused-ring (bicyclic) bond motifs is 1. The first-order chi connectivity index (χ1) is 9.69. The molecule has 2 heterocycles. The Morgan fingerprint density at radius 3 is 2.85 bits per heavy atom. The lowest BCUT2D eigenvalue weighted by Crippen LogP contribution is -2.25. The highest BCUT2D eigenvalue weighted by Gasteiger charge is 2.30. The second-order valence-electron chi connectivity index (χ2n) is 5.69. The predicted molar refractivity (Wildman–Crippen MR) is 80.8 cm³/mol. The maximum atomic E-state index is 4.58. The van der Waals surface area contributed by atoms with Crippen LogP contribution in [0.15, 0.2) is 6.33 Å². The summed E-state index contributed by atoms with van der Waals surface area (Å²) < 4.78 is 0. The second kappa shape index (κ2) is 5.26. The van der Waals surface area contributed by atoms with E-state index in [4.69, 9.17) is 0 Å². The van der Waals surface area contributed by atoms with Gasteiger partial charge in [-0.1, -0.05) is 13.8 Å². The van der Waals surface area contributed by atoms with E-state index in [-0.39, 0.29) is 0 Å². The van der Waals surface area contributed by atoms with Gasteiger partial charge in [-0.25, -0.2) is 4.98 Å². The molecule has 0 aliphatic heterocycles. The van der Waals surface area contributed by atoms with Crippen molar-refractivity contribution in [2.75, 3.05) is 17.2 Å². The van der Waals surface area contributed by atoms with E-state index in [9.17, 15) is 0 Å². The SMILES string of the molecule is CCNc1nc(NC2CCC(C)C2C)c2[nH]cnc2n1. The Morgan fingerprint density at radius 2 is 2.15 bits per heavy atom. The third-order valence-electron chi connectivity index (χ3n) is 4.41. The van der Waals surface area contributed by atoms with E-state index < -0.39 is 0 Å². The van der Waals surface area contributed by atoms with E-state index in [1.54, 1.807) is 6.33 Å². The van der Waals surface area contributed by atoms with Crippen molar-refractivity contribution in [3.63, 3.8) is 0 Å². The Balaban J connectivity index is 1.91. The zero-order chi connectivity index (χ0) is 14.1. The van der Waals surface area contributed by atoms with Crippen molar-refractivity contribution < 1.29 is 0 Å². The quantitative estimate of drug-likeness (QED) is 0.798. The first-order valence-electron chi connectivity index (χ1n) is 7.40. The Bertz CT molecular complexity index is 592. The molecule has 1 fully saturated rings. The standard InChI is InChI=1S/C14H22N6/c1-4-15-14-19-12-11(16-7-17-12)13(20-14)18-10-6-5-8(2)9(10)3/h7-10H,4-6H2,1-3H3,(H3,15,16,17,18,19,20). The van der Waals surface area contributed by atoms with Crippen LogP contribution < -0.4 is 10.6 Å². The van der Waals surface area contributed by atoms with Gasteiger partial charge >= 0.3 is 0 Å². The van der Waals surface area contributed by atoms with Crippen LogP contribution in [0.25, 0.3) is 11.2 Å². The smallest absolute Gasteiger partial charge is 0.226 e. The van der Waals surface area contributed by atoms with E-state index in [0.717, 1.165) is 23.8 Å². The van der Waals surface area contributed by atoms with E-state index in [0.29, 0.717) is 23.6 Å². The van der Waals surface area contributed by atoms with Crippen LogP contribution in [0.1, 0.15) is 33.6 Å². The normalized spacial score (nSPS) is 26.1. The molecule has 6 nitrogen and oxygen atoms in total. The predicted octanol–water partition coefficient (Wildman–Crippen LogP) is 2.63. The summed E-state index contributed by atoms with van der Waals surface area (Å²) in [5.74, 6) is 2.91. The Hall–Kier alpha value is -1.85. The van der Waals surface area contributed by atoms with Gasteiger partial charge in [0.15, 0.2) is 11.5 Å². The van der Waals surface area contributed by atoms with Crippen LogP contribution in [0, 0.1) is 11.8 Å². The summed E-state index contributed by atoms with van der Waals surface area (Å²) >= 11 is 0. The van der Waals surface area contributed by atoms with Crippen LogP contribution in [0.2, 0.25) is 0 Å². The molecule has 0 amide bonds. The second-order valence-corrected chi connectivity index (χ2v) is 5.69. The first kappa shape index (κ1) is 13.1. The Labute approximate surface area is 118 Å². The van der Waals surface area contributed by atoms with Crippen molar-refractivity contribution in [1.29, 1.82) is 0 Å². The summed E-state index contributed by atoms with van der Waals surface area (Å²) in [7, 11) is 0. The van der Waals surface area contributed by atoms with Crippen LogP contribution in [0.5, 0.6) is 0 Å². The molecule has 3 rings (SSSR count). The van der Waals surface area contributed by atoms with Gasteiger partial charge in [-0.15, -0.1) is 0 Å². The Morgan fingerprint density at radius 1 is 1.30 bits per heavy atom. The van der Waals surface area contributed by atoms with Crippen LogP contribution in [-0.2, 0) is 0 Å². The molecule has 3 atom stereocenters. The number of hydrogen-bond donors (Lipinski definition) is 3. The maximum absolute atomic E-state index is 4.58. The third-order valence-corrected chi connectivity index (χ3v) is 4.41. The molecule has 1 saturated carbocycles. The van der Waals surface area contributed by atoms with Crippen LogP contribution in [0.4, 0.5) is 11.8 Å².